The van der Waals surface area contributed by atoms with Gasteiger partial charge in [0.25, 0.3) is 5.91 Å². The van der Waals surface area contributed by atoms with Crippen molar-refractivity contribution in [1.29, 1.82) is 0 Å². The average molecular weight is 704 g/mol. The number of likely N-dealkylation sites (tertiary alicyclic amines) is 1. The third-order valence-corrected chi connectivity index (χ3v) is 9.77. The highest BCUT2D eigenvalue weighted by Crippen LogP contribution is 2.44. The number of rotatable bonds is 8. The van der Waals surface area contributed by atoms with Gasteiger partial charge in [-0.2, -0.15) is 0 Å². The first-order valence-electron chi connectivity index (χ1n) is 14.1. The first-order chi connectivity index (χ1) is 19.9. The van der Waals surface area contributed by atoms with E-state index < -0.39 is 0 Å². The molecule has 0 radical (unpaired) electrons. The highest BCUT2D eigenvalue weighted by atomic mass is 79.9. The minimum Gasteiger partial charge on any atom is -0.397 e. The Morgan fingerprint density at radius 3 is 2.29 bits per heavy atom. The van der Waals surface area contributed by atoms with E-state index in [0.29, 0.717) is 76.9 Å². The maximum Gasteiger partial charge on any atom is 0.322 e. The molecular formula is C30H36Br2N6O4. The second-order valence-electron chi connectivity index (χ2n) is 11.7. The molecule has 2 unspecified atom stereocenters. The van der Waals surface area contributed by atoms with E-state index in [9.17, 15) is 19.2 Å². The Morgan fingerprint density at radius 2 is 1.64 bits per heavy atom. The number of carbonyl (C=O) groups is 4. The number of hydrogen-bond donors (Lipinski definition) is 2. The molecule has 0 aromatic heterocycles. The molecule has 12 heteroatoms. The standard InChI is InChI=1S/C30H36Br2N6O4/c1-35(2)10-11-36(3)28(40)17-4-5-18-16-38(30(42)34-25(18)14-17)20-6-8-37(9-7-20)29(41)22-15-21(22)27(39)19-12-23(31)26(33)24(32)13-19/h4-5,12-14,20-22H,6-11,15-16,33H2,1-3H3,(H,34,42). The SMILES string of the molecule is CN(C)CCN(C)C(=O)c1ccc2c(c1)NC(=O)N(C1CCN(C(=O)C3CC3C(=O)c3cc(Br)c(N)c(Br)c3)CC1)C2. The van der Waals surface area contributed by atoms with Gasteiger partial charge in [0.2, 0.25) is 5.91 Å². The van der Waals surface area contributed by atoms with Crippen LogP contribution in [0.25, 0.3) is 0 Å². The van der Waals surface area contributed by atoms with Crippen LogP contribution >= 0.6 is 31.9 Å². The molecule has 2 atom stereocenters. The summed E-state index contributed by atoms with van der Waals surface area (Å²) in [5, 5.41) is 2.97. The number of nitrogens with two attached hydrogens (primary N) is 1. The molecule has 3 N–H and O–H groups in total. The van der Waals surface area contributed by atoms with Crippen molar-refractivity contribution >= 4 is 66.9 Å². The monoisotopic (exact) mass is 702 g/mol. The summed E-state index contributed by atoms with van der Waals surface area (Å²) >= 11 is 6.77. The highest BCUT2D eigenvalue weighted by molar-refractivity contribution is 9.11. The van der Waals surface area contributed by atoms with Gasteiger partial charge in [0, 0.05) is 83.4 Å². The largest absolute Gasteiger partial charge is 0.397 e. The van der Waals surface area contributed by atoms with Gasteiger partial charge in [-0.1, -0.05) is 6.07 Å². The molecule has 4 amide bonds. The normalized spacial score (nSPS) is 20.3. The molecule has 2 fully saturated rings. The van der Waals surface area contributed by atoms with Crippen LogP contribution in [0, 0.1) is 11.8 Å². The number of carbonyl (C=O) groups excluding carboxylic acids is 4. The number of fused-ring (bicyclic) bond motifs is 1. The fourth-order valence-corrected chi connectivity index (χ4v) is 6.89. The maximum atomic E-state index is 13.2. The Bertz CT molecular complexity index is 1400. The summed E-state index contributed by atoms with van der Waals surface area (Å²) in [6.45, 7) is 2.92. The van der Waals surface area contributed by atoms with Crippen LogP contribution in [0.15, 0.2) is 39.3 Å². The zero-order valence-electron chi connectivity index (χ0n) is 24.0. The van der Waals surface area contributed by atoms with Gasteiger partial charge in [0.1, 0.15) is 0 Å². The summed E-state index contributed by atoms with van der Waals surface area (Å²) in [5.74, 6) is -0.721. The number of hydrogen-bond acceptors (Lipinski definition) is 6. The van der Waals surface area contributed by atoms with Crippen molar-refractivity contribution in [2.24, 2.45) is 11.8 Å². The summed E-state index contributed by atoms with van der Waals surface area (Å²) in [7, 11) is 5.71. The molecule has 3 aliphatic rings. The fraction of sp³-hybridized carbons (Fsp3) is 0.467. The highest BCUT2D eigenvalue weighted by Gasteiger charge is 2.50. The Kier molecular flexibility index (Phi) is 8.96. The molecule has 2 aliphatic heterocycles. The Morgan fingerprint density at radius 1 is 0.976 bits per heavy atom. The summed E-state index contributed by atoms with van der Waals surface area (Å²) < 4.78 is 1.29. The molecule has 0 bridgehead atoms. The first kappa shape index (κ1) is 30.5. The van der Waals surface area contributed by atoms with Crippen molar-refractivity contribution in [3.8, 4) is 0 Å². The molecule has 1 aliphatic carbocycles. The van der Waals surface area contributed by atoms with Gasteiger partial charge in [0.05, 0.1) is 5.69 Å². The van der Waals surface area contributed by atoms with Crippen molar-refractivity contribution < 1.29 is 19.2 Å². The van der Waals surface area contributed by atoms with Gasteiger partial charge in [-0.05, 0) is 95.0 Å². The summed E-state index contributed by atoms with van der Waals surface area (Å²) in [4.78, 5) is 59.6. The summed E-state index contributed by atoms with van der Waals surface area (Å²) in [6, 6.07) is 8.72. The molecule has 5 rings (SSSR count). The number of likely N-dealkylation sites (N-methyl/N-ethyl adjacent to an activating group) is 2. The quantitative estimate of drug-likeness (QED) is 0.313. The number of nitrogens with one attached hydrogen (secondary N) is 1. The number of urea groups is 1. The van der Waals surface area contributed by atoms with E-state index in [2.05, 4.69) is 37.2 Å². The molecule has 1 saturated heterocycles. The molecule has 1 saturated carbocycles. The van der Waals surface area contributed by atoms with Gasteiger partial charge in [-0.15, -0.1) is 0 Å². The van der Waals surface area contributed by atoms with Crippen LogP contribution < -0.4 is 11.1 Å². The molecule has 224 valence electrons. The lowest BCUT2D eigenvalue weighted by Crippen LogP contribution is -2.51. The average Bonchev–Trinajstić information content (AvgIpc) is 3.77. The van der Waals surface area contributed by atoms with Crippen molar-refractivity contribution in [3.05, 3.63) is 56.0 Å². The topological polar surface area (TPSA) is 119 Å². The Balaban J connectivity index is 1.15. The predicted molar refractivity (Wildman–Crippen MR) is 168 cm³/mol. The molecule has 2 aromatic rings. The van der Waals surface area contributed by atoms with E-state index in [1.54, 1.807) is 30.1 Å². The number of amides is 4. The van der Waals surface area contributed by atoms with Crippen LogP contribution in [0.1, 0.15) is 45.5 Å². The van der Waals surface area contributed by atoms with Gasteiger partial charge in [-0.25, -0.2) is 4.79 Å². The Labute approximate surface area is 262 Å². The third-order valence-electron chi connectivity index (χ3n) is 8.45. The maximum absolute atomic E-state index is 13.2. The van der Waals surface area contributed by atoms with Crippen molar-refractivity contribution in [2.45, 2.75) is 31.8 Å². The van der Waals surface area contributed by atoms with Crippen LogP contribution in [-0.4, -0.2) is 96.6 Å². The molecule has 2 aromatic carbocycles. The van der Waals surface area contributed by atoms with E-state index in [1.807, 2.05) is 40.9 Å². The number of Topliss-reactive ketones (excluding diaryl/α,β-unsaturated/α-hetero) is 1. The minimum absolute atomic E-state index is 0.00165. The van der Waals surface area contributed by atoms with Crippen molar-refractivity contribution in [2.75, 3.05) is 58.4 Å². The van der Waals surface area contributed by atoms with E-state index >= 15 is 0 Å². The van der Waals surface area contributed by atoms with E-state index in [1.165, 1.54) is 0 Å². The summed E-state index contributed by atoms with van der Waals surface area (Å²) in [6.07, 6.45) is 1.90. The van der Waals surface area contributed by atoms with Gasteiger partial charge < -0.3 is 30.7 Å². The van der Waals surface area contributed by atoms with E-state index in [0.717, 1.165) is 12.1 Å². The summed E-state index contributed by atoms with van der Waals surface area (Å²) in [5.41, 5.74) is 9.18. The van der Waals surface area contributed by atoms with Crippen LogP contribution in [0.3, 0.4) is 0 Å². The number of nitrogen functional groups attached to an aromatic ring is 1. The number of piperidine rings is 1. The number of anilines is 2. The second-order valence-corrected chi connectivity index (χ2v) is 13.4. The minimum atomic E-state index is -0.313. The molecule has 42 heavy (non-hydrogen) atoms. The Hall–Kier alpha value is -2.96. The van der Waals surface area contributed by atoms with Gasteiger partial charge in [-0.3, -0.25) is 14.4 Å². The van der Waals surface area contributed by atoms with Crippen LogP contribution in [-0.2, 0) is 11.3 Å². The van der Waals surface area contributed by atoms with Crippen molar-refractivity contribution in [1.82, 2.24) is 19.6 Å². The van der Waals surface area contributed by atoms with Crippen LogP contribution in [0.5, 0.6) is 0 Å². The lowest BCUT2D eigenvalue weighted by molar-refractivity contribution is -0.134. The number of benzene rings is 2. The molecule has 0 spiro atoms. The third kappa shape index (κ3) is 6.35. The molecule has 2 heterocycles. The van der Waals surface area contributed by atoms with E-state index in [4.69, 9.17) is 5.73 Å². The number of nitrogens with zero attached hydrogens (tertiary/aromatic N) is 4. The van der Waals surface area contributed by atoms with Crippen LogP contribution in [0.4, 0.5) is 16.2 Å². The number of ketones is 1. The molecular weight excluding hydrogens is 668 g/mol. The second kappa shape index (κ2) is 12.3. The zero-order chi connectivity index (χ0) is 30.3. The van der Waals surface area contributed by atoms with Crippen molar-refractivity contribution in [3.63, 3.8) is 0 Å². The smallest absolute Gasteiger partial charge is 0.322 e. The van der Waals surface area contributed by atoms with Crippen LogP contribution in [0.2, 0.25) is 0 Å². The van der Waals surface area contributed by atoms with Gasteiger partial charge in [0.15, 0.2) is 5.78 Å². The zero-order valence-corrected chi connectivity index (χ0v) is 27.2. The number of halogens is 2. The molecule has 10 nitrogen and oxygen atoms in total. The lowest BCUT2D eigenvalue weighted by atomic mass is 9.99. The predicted octanol–water partition coefficient (Wildman–Crippen LogP) is 4.28. The fourth-order valence-electron chi connectivity index (χ4n) is 5.70. The lowest BCUT2D eigenvalue weighted by Gasteiger charge is -2.40. The first-order valence-corrected chi connectivity index (χ1v) is 15.7. The van der Waals surface area contributed by atoms with E-state index in [-0.39, 0.29) is 41.5 Å². The van der Waals surface area contributed by atoms with Gasteiger partial charge >= 0.3 is 6.03 Å².